The molecule has 1 aliphatic rings. The minimum absolute atomic E-state index is 0.117. The van der Waals surface area contributed by atoms with Gasteiger partial charge >= 0.3 is 0 Å². The first-order chi connectivity index (χ1) is 14.5. The number of aryl methyl sites for hydroxylation is 1. The summed E-state index contributed by atoms with van der Waals surface area (Å²) in [7, 11) is 0. The summed E-state index contributed by atoms with van der Waals surface area (Å²) in [5, 5.41) is 11.6. The molecule has 1 saturated heterocycles. The fraction of sp³-hybridized carbons (Fsp3) is 0.333. The summed E-state index contributed by atoms with van der Waals surface area (Å²) < 4.78 is 28.2. The monoisotopic (exact) mass is 412 g/mol. The zero-order chi connectivity index (χ0) is 21.1. The molecule has 3 aromatic rings. The fourth-order valence-corrected chi connectivity index (χ4v) is 3.59. The van der Waals surface area contributed by atoms with Crippen molar-refractivity contribution in [1.82, 2.24) is 30.0 Å². The average Bonchev–Trinajstić information content (AvgIpc) is 3.19. The number of nitrogens with zero attached hydrogens (tertiary/aromatic N) is 6. The Morgan fingerprint density at radius 1 is 1.03 bits per heavy atom. The van der Waals surface area contributed by atoms with Crippen LogP contribution < -0.4 is 0 Å². The number of halogens is 2. The van der Waals surface area contributed by atoms with Crippen LogP contribution in [-0.4, -0.2) is 62.1 Å². The van der Waals surface area contributed by atoms with E-state index < -0.39 is 11.6 Å². The number of carbonyl (C=O) groups is 1. The van der Waals surface area contributed by atoms with Gasteiger partial charge in [-0.15, -0.1) is 5.10 Å². The van der Waals surface area contributed by atoms with Gasteiger partial charge in [0.2, 0.25) is 5.91 Å². The van der Waals surface area contributed by atoms with E-state index in [9.17, 15) is 13.6 Å². The second-order valence-corrected chi connectivity index (χ2v) is 7.43. The molecule has 0 unspecified atom stereocenters. The van der Waals surface area contributed by atoms with E-state index in [2.05, 4.69) is 20.4 Å². The third kappa shape index (κ3) is 4.51. The van der Waals surface area contributed by atoms with Crippen molar-refractivity contribution in [2.24, 2.45) is 0 Å². The summed E-state index contributed by atoms with van der Waals surface area (Å²) in [6, 6.07) is 11.5. The molecule has 1 aromatic heterocycles. The number of amides is 1. The van der Waals surface area contributed by atoms with Crippen molar-refractivity contribution >= 4 is 5.91 Å². The Labute approximate surface area is 172 Å². The molecule has 0 radical (unpaired) electrons. The number of piperazine rings is 1. The van der Waals surface area contributed by atoms with Gasteiger partial charge in [0.15, 0.2) is 17.5 Å². The highest BCUT2D eigenvalue weighted by Crippen LogP contribution is 2.15. The van der Waals surface area contributed by atoms with Crippen molar-refractivity contribution in [2.75, 3.05) is 26.2 Å². The van der Waals surface area contributed by atoms with E-state index in [1.165, 1.54) is 10.7 Å². The van der Waals surface area contributed by atoms with Crippen molar-refractivity contribution < 1.29 is 13.6 Å². The number of aromatic nitrogens is 4. The van der Waals surface area contributed by atoms with Crippen LogP contribution in [0.15, 0.2) is 42.5 Å². The lowest BCUT2D eigenvalue weighted by molar-refractivity contribution is -0.132. The predicted octanol–water partition coefficient (Wildman–Crippen LogP) is 2.14. The molecule has 0 saturated carbocycles. The SMILES string of the molecule is Cc1cccc(CC(=O)N2CCN(Cc3nnnn3-c3ccc(F)c(F)c3)CC2)c1. The number of hydrogen-bond acceptors (Lipinski definition) is 5. The molecule has 1 fully saturated rings. The van der Waals surface area contributed by atoms with Gasteiger partial charge in [0.1, 0.15) is 0 Å². The molecule has 0 aliphatic carbocycles. The highest BCUT2D eigenvalue weighted by molar-refractivity contribution is 5.79. The molecule has 4 rings (SSSR count). The highest BCUT2D eigenvalue weighted by atomic mass is 19.2. The Morgan fingerprint density at radius 2 is 1.83 bits per heavy atom. The van der Waals surface area contributed by atoms with Crippen LogP contribution >= 0.6 is 0 Å². The van der Waals surface area contributed by atoms with Crippen molar-refractivity contribution in [1.29, 1.82) is 0 Å². The molecule has 0 atom stereocenters. The van der Waals surface area contributed by atoms with Gasteiger partial charge in [-0.3, -0.25) is 9.69 Å². The highest BCUT2D eigenvalue weighted by Gasteiger charge is 2.23. The van der Waals surface area contributed by atoms with Crippen LogP contribution in [0.25, 0.3) is 5.69 Å². The van der Waals surface area contributed by atoms with Crippen LogP contribution in [0.5, 0.6) is 0 Å². The number of tetrazole rings is 1. The lowest BCUT2D eigenvalue weighted by Gasteiger charge is -2.34. The Hall–Kier alpha value is -3.20. The van der Waals surface area contributed by atoms with Gasteiger partial charge in [0.05, 0.1) is 18.7 Å². The zero-order valence-electron chi connectivity index (χ0n) is 16.6. The van der Waals surface area contributed by atoms with Crippen LogP contribution in [0, 0.1) is 18.6 Å². The second kappa shape index (κ2) is 8.66. The van der Waals surface area contributed by atoms with E-state index in [1.54, 1.807) is 0 Å². The molecule has 156 valence electrons. The summed E-state index contributed by atoms with van der Waals surface area (Å²) >= 11 is 0. The quantitative estimate of drug-likeness (QED) is 0.642. The predicted molar refractivity (Wildman–Crippen MR) is 106 cm³/mol. The molecule has 30 heavy (non-hydrogen) atoms. The van der Waals surface area contributed by atoms with Gasteiger partial charge in [-0.1, -0.05) is 29.8 Å². The van der Waals surface area contributed by atoms with Crippen molar-refractivity contribution in [2.45, 2.75) is 19.9 Å². The molecule has 2 heterocycles. The maximum atomic E-state index is 13.6. The summed E-state index contributed by atoms with van der Waals surface area (Å²) in [6.07, 6.45) is 0.399. The fourth-order valence-electron chi connectivity index (χ4n) is 3.59. The molecule has 1 amide bonds. The smallest absolute Gasteiger partial charge is 0.227 e. The van der Waals surface area contributed by atoms with Gasteiger partial charge in [0.25, 0.3) is 0 Å². The lowest BCUT2D eigenvalue weighted by atomic mass is 10.1. The van der Waals surface area contributed by atoms with Crippen LogP contribution in [0.3, 0.4) is 0 Å². The van der Waals surface area contributed by atoms with E-state index in [0.717, 1.165) is 23.3 Å². The van der Waals surface area contributed by atoms with Crippen LogP contribution in [0.4, 0.5) is 8.78 Å². The van der Waals surface area contributed by atoms with Gasteiger partial charge in [-0.05, 0) is 35.0 Å². The maximum absolute atomic E-state index is 13.6. The number of benzene rings is 2. The second-order valence-electron chi connectivity index (χ2n) is 7.43. The van der Waals surface area contributed by atoms with Gasteiger partial charge in [-0.2, -0.15) is 4.68 Å². The molecule has 0 bridgehead atoms. The third-order valence-electron chi connectivity index (χ3n) is 5.21. The number of carbonyl (C=O) groups excluding carboxylic acids is 1. The molecule has 9 heteroatoms. The normalized spacial score (nSPS) is 14.8. The van der Waals surface area contributed by atoms with E-state index in [4.69, 9.17) is 0 Å². The first-order valence-corrected chi connectivity index (χ1v) is 9.78. The lowest BCUT2D eigenvalue weighted by Crippen LogP contribution is -2.49. The van der Waals surface area contributed by atoms with Gasteiger partial charge in [0, 0.05) is 32.2 Å². The summed E-state index contributed by atoms with van der Waals surface area (Å²) in [6.45, 7) is 5.08. The van der Waals surface area contributed by atoms with Crippen LogP contribution in [0.2, 0.25) is 0 Å². The third-order valence-corrected chi connectivity index (χ3v) is 5.21. The summed E-state index contributed by atoms with van der Waals surface area (Å²) in [5.41, 5.74) is 2.53. The van der Waals surface area contributed by atoms with Crippen molar-refractivity contribution in [3.8, 4) is 5.69 Å². The average molecular weight is 412 g/mol. The van der Waals surface area contributed by atoms with Crippen LogP contribution in [-0.2, 0) is 17.8 Å². The molecule has 0 spiro atoms. The first kappa shape index (κ1) is 20.1. The Bertz CT molecular complexity index is 1050. The number of rotatable bonds is 5. The molecule has 7 nitrogen and oxygen atoms in total. The molecule has 2 aromatic carbocycles. The standard InChI is InChI=1S/C21H22F2N6O/c1-15-3-2-4-16(11-15)12-21(30)28-9-7-27(8-10-28)14-20-24-25-26-29(20)17-5-6-18(22)19(23)13-17/h2-6,11,13H,7-10,12,14H2,1H3. The summed E-state index contributed by atoms with van der Waals surface area (Å²) in [4.78, 5) is 16.6. The first-order valence-electron chi connectivity index (χ1n) is 9.78. The van der Waals surface area contributed by atoms with E-state index in [0.29, 0.717) is 50.7 Å². The Balaban J connectivity index is 1.35. The summed E-state index contributed by atoms with van der Waals surface area (Å²) in [5.74, 6) is -1.22. The van der Waals surface area contributed by atoms with Crippen molar-refractivity contribution in [3.05, 3.63) is 71.1 Å². The molecular weight excluding hydrogens is 390 g/mol. The van der Waals surface area contributed by atoms with Gasteiger partial charge < -0.3 is 4.90 Å². The van der Waals surface area contributed by atoms with Crippen LogP contribution in [0.1, 0.15) is 17.0 Å². The molecular formula is C21H22F2N6O. The zero-order valence-corrected chi connectivity index (χ0v) is 16.6. The topological polar surface area (TPSA) is 67.2 Å². The Morgan fingerprint density at radius 3 is 2.57 bits per heavy atom. The minimum Gasteiger partial charge on any atom is -0.340 e. The number of hydrogen-bond donors (Lipinski definition) is 0. The largest absolute Gasteiger partial charge is 0.340 e. The van der Waals surface area contributed by atoms with E-state index in [-0.39, 0.29) is 5.91 Å². The van der Waals surface area contributed by atoms with Gasteiger partial charge in [-0.25, -0.2) is 8.78 Å². The Kier molecular flexibility index (Phi) is 5.80. The van der Waals surface area contributed by atoms with E-state index in [1.807, 2.05) is 36.1 Å². The molecule has 0 N–H and O–H groups in total. The van der Waals surface area contributed by atoms with E-state index >= 15 is 0 Å². The molecule has 1 aliphatic heterocycles. The minimum atomic E-state index is -0.949. The van der Waals surface area contributed by atoms with Crippen molar-refractivity contribution in [3.63, 3.8) is 0 Å². The maximum Gasteiger partial charge on any atom is 0.227 e.